The predicted octanol–water partition coefficient (Wildman–Crippen LogP) is 2.83. The summed E-state index contributed by atoms with van der Waals surface area (Å²) in [4.78, 5) is 4.56. The van der Waals surface area contributed by atoms with Crippen LogP contribution in [0.4, 0.5) is 0 Å². The Kier molecular flexibility index (Phi) is 4.59. The SMILES string of the molecule is COc1cc(OC)cc(Oc2nc(C)ccc2C(N)=S)c1. The topological polar surface area (TPSA) is 66.6 Å². The first-order chi connectivity index (χ1) is 10.0. The molecule has 1 aromatic carbocycles. The van der Waals surface area contributed by atoms with Gasteiger partial charge in [0.25, 0.3) is 0 Å². The van der Waals surface area contributed by atoms with E-state index < -0.39 is 0 Å². The number of ether oxygens (including phenoxy) is 3. The summed E-state index contributed by atoms with van der Waals surface area (Å²) in [5, 5.41) is 0. The standard InChI is InChI=1S/C15H16N2O3S/c1-9-4-5-13(14(16)21)15(17-9)20-12-7-10(18-2)6-11(8-12)19-3/h4-8H,1-3H3,(H2,16,21). The molecule has 0 aliphatic carbocycles. The van der Waals surface area contributed by atoms with Crippen LogP contribution in [0.25, 0.3) is 0 Å². The van der Waals surface area contributed by atoms with Gasteiger partial charge in [0, 0.05) is 23.9 Å². The molecular weight excluding hydrogens is 288 g/mol. The van der Waals surface area contributed by atoms with Crippen molar-refractivity contribution in [1.29, 1.82) is 0 Å². The number of methoxy groups -OCH3 is 2. The molecule has 21 heavy (non-hydrogen) atoms. The summed E-state index contributed by atoms with van der Waals surface area (Å²) in [6.07, 6.45) is 0. The quantitative estimate of drug-likeness (QED) is 0.857. The van der Waals surface area contributed by atoms with Gasteiger partial charge in [0.05, 0.1) is 19.8 Å². The van der Waals surface area contributed by atoms with E-state index >= 15 is 0 Å². The predicted molar refractivity (Wildman–Crippen MR) is 84.5 cm³/mol. The lowest BCUT2D eigenvalue weighted by Crippen LogP contribution is -2.12. The van der Waals surface area contributed by atoms with Gasteiger partial charge >= 0.3 is 0 Å². The van der Waals surface area contributed by atoms with Gasteiger partial charge in [-0.05, 0) is 19.1 Å². The Labute approximate surface area is 128 Å². The molecule has 0 saturated heterocycles. The Balaban J connectivity index is 2.42. The van der Waals surface area contributed by atoms with Crippen molar-refractivity contribution in [3.05, 3.63) is 41.6 Å². The van der Waals surface area contributed by atoms with Crippen LogP contribution in [0.3, 0.4) is 0 Å². The van der Waals surface area contributed by atoms with Crippen LogP contribution in [0, 0.1) is 6.92 Å². The highest BCUT2D eigenvalue weighted by Gasteiger charge is 2.11. The van der Waals surface area contributed by atoms with Crippen LogP contribution >= 0.6 is 12.2 Å². The second-order valence-electron chi connectivity index (χ2n) is 4.32. The first-order valence-electron chi connectivity index (χ1n) is 6.22. The number of benzene rings is 1. The highest BCUT2D eigenvalue weighted by atomic mass is 32.1. The molecule has 0 saturated carbocycles. The third-order valence-corrected chi connectivity index (χ3v) is 3.02. The van der Waals surface area contributed by atoms with E-state index in [1.807, 2.05) is 13.0 Å². The van der Waals surface area contributed by atoms with E-state index in [9.17, 15) is 0 Å². The first-order valence-corrected chi connectivity index (χ1v) is 6.62. The number of aryl methyl sites for hydroxylation is 1. The molecule has 2 rings (SSSR count). The number of thiocarbonyl (C=S) groups is 1. The maximum Gasteiger partial charge on any atom is 0.229 e. The van der Waals surface area contributed by atoms with Crippen molar-refractivity contribution in [2.45, 2.75) is 6.92 Å². The van der Waals surface area contributed by atoms with Gasteiger partial charge in [0.2, 0.25) is 5.88 Å². The number of aromatic nitrogens is 1. The van der Waals surface area contributed by atoms with Crippen molar-refractivity contribution >= 4 is 17.2 Å². The van der Waals surface area contributed by atoms with Gasteiger partial charge in [-0.1, -0.05) is 12.2 Å². The van der Waals surface area contributed by atoms with Crippen LogP contribution in [0.2, 0.25) is 0 Å². The average molecular weight is 304 g/mol. The third-order valence-electron chi connectivity index (χ3n) is 2.80. The summed E-state index contributed by atoms with van der Waals surface area (Å²) in [5.74, 6) is 2.13. The number of hydrogen-bond acceptors (Lipinski definition) is 5. The molecule has 0 fully saturated rings. The lowest BCUT2D eigenvalue weighted by atomic mass is 10.2. The fraction of sp³-hybridized carbons (Fsp3) is 0.200. The monoisotopic (exact) mass is 304 g/mol. The lowest BCUT2D eigenvalue weighted by molar-refractivity contribution is 0.385. The van der Waals surface area contributed by atoms with Crippen LogP contribution in [-0.4, -0.2) is 24.2 Å². The molecule has 6 heteroatoms. The van der Waals surface area contributed by atoms with E-state index in [1.165, 1.54) is 0 Å². The van der Waals surface area contributed by atoms with Crippen molar-refractivity contribution in [3.8, 4) is 23.1 Å². The van der Waals surface area contributed by atoms with Crippen LogP contribution in [0.1, 0.15) is 11.3 Å². The summed E-state index contributed by atoms with van der Waals surface area (Å²) in [6.45, 7) is 1.86. The first kappa shape index (κ1) is 15.1. The summed E-state index contributed by atoms with van der Waals surface area (Å²) < 4.78 is 16.2. The van der Waals surface area contributed by atoms with Crippen LogP contribution in [0.5, 0.6) is 23.1 Å². The Morgan fingerprint density at radius 3 is 2.14 bits per heavy atom. The third kappa shape index (κ3) is 3.61. The normalized spacial score (nSPS) is 10.0. The van der Waals surface area contributed by atoms with Gasteiger partial charge in [-0.2, -0.15) is 0 Å². The molecule has 2 N–H and O–H groups in total. The van der Waals surface area contributed by atoms with Gasteiger partial charge in [-0.3, -0.25) is 0 Å². The van der Waals surface area contributed by atoms with Gasteiger partial charge in [-0.15, -0.1) is 0 Å². The molecule has 0 aliphatic heterocycles. The molecule has 1 aromatic heterocycles. The Bertz CT molecular complexity index is 652. The molecule has 0 aliphatic rings. The molecule has 0 atom stereocenters. The van der Waals surface area contributed by atoms with Crippen molar-refractivity contribution in [2.75, 3.05) is 14.2 Å². The molecule has 0 spiro atoms. The summed E-state index contributed by atoms with van der Waals surface area (Å²) in [7, 11) is 3.15. The second kappa shape index (κ2) is 6.41. The summed E-state index contributed by atoms with van der Waals surface area (Å²) in [5.41, 5.74) is 7.08. The van der Waals surface area contributed by atoms with Crippen LogP contribution in [0.15, 0.2) is 30.3 Å². The largest absolute Gasteiger partial charge is 0.496 e. The second-order valence-corrected chi connectivity index (χ2v) is 4.76. The number of nitrogens with two attached hydrogens (primary N) is 1. The summed E-state index contributed by atoms with van der Waals surface area (Å²) in [6, 6.07) is 8.84. The van der Waals surface area contributed by atoms with Crippen LogP contribution in [-0.2, 0) is 0 Å². The Hall–Kier alpha value is -2.34. The van der Waals surface area contributed by atoms with E-state index in [0.717, 1.165) is 5.69 Å². The number of nitrogens with zero attached hydrogens (tertiary/aromatic N) is 1. The van der Waals surface area contributed by atoms with E-state index in [2.05, 4.69) is 4.98 Å². The van der Waals surface area contributed by atoms with Crippen molar-refractivity contribution in [1.82, 2.24) is 4.98 Å². The molecule has 0 amide bonds. The van der Waals surface area contributed by atoms with E-state index in [4.69, 9.17) is 32.2 Å². The molecular formula is C15H16N2O3S. The number of pyridine rings is 1. The maximum atomic E-state index is 5.80. The highest BCUT2D eigenvalue weighted by molar-refractivity contribution is 7.80. The smallest absolute Gasteiger partial charge is 0.229 e. The molecule has 0 radical (unpaired) electrons. The van der Waals surface area contributed by atoms with Crippen molar-refractivity contribution in [3.63, 3.8) is 0 Å². The molecule has 0 unspecified atom stereocenters. The molecule has 2 aromatic rings. The van der Waals surface area contributed by atoms with Gasteiger partial charge in [-0.25, -0.2) is 4.98 Å². The van der Waals surface area contributed by atoms with Gasteiger partial charge in [0.1, 0.15) is 22.2 Å². The average Bonchev–Trinajstić information content (AvgIpc) is 2.46. The zero-order chi connectivity index (χ0) is 15.4. The van der Waals surface area contributed by atoms with Gasteiger partial charge < -0.3 is 19.9 Å². The fourth-order valence-electron chi connectivity index (χ4n) is 1.75. The summed E-state index contributed by atoms with van der Waals surface area (Å²) >= 11 is 5.01. The minimum atomic E-state index is 0.229. The molecule has 5 nitrogen and oxygen atoms in total. The number of hydrogen-bond donors (Lipinski definition) is 1. The van der Waals surface area contributed by atoms with Crippen molar-refractivity contribution in [2.24, 2.45) is 5.73 Å². The van der Waals surface area contributed by atoms with E-state index in [0.29, 0.717) is 28.7 Å². The maximum absolute atomic E-state index is 5.80. The van der Waals surface area contributed by atoms with Crippen LogP contribution < -0.4 is 19.9 Å². The molecule has 110 valence electrons. The van der Waals surface area contributed by atoms with Gasteiger partial charge in [0.15, 0.2) is 0 Å². The Morgan fingerprint density at radius 1 is 1.05 bits per heavy atom. The molecule has 1 heterocycles. The van der Waals surface area contributed by atoms with E-state index in [-0.39, 0.29) is 4.99 Å². The highest BCUT2D eigenvalue weighted by Crippen LogP contribution is 2.31. The van der Waals surface area contributed by atoms with Crippen molar-refractivity contribution < 1.29 is 14.2 Å². The number of rotatable bonds is 5. The zero-order valence-corrected chi connectivity index (χ0v) is 12.9. The lowest BCUT2D eigenvalue weighted by Gasteiger charge is -2.12. The fourth-order valence-corrected chi connectivity index (χ4v) is 1.91. The minimum absolute atomic E-state index is 0.229. The Morgan fingerprint density at radius 2 is 1.62 bits per heavy atom. The zero-order valence-electron chi connectivity index (χ0n) is 12.0. The van der Waals surface area contributed by atoms with E-state index in [1.54, 1.807) is 38.5 Å². The minimum Gasteiger partial charge on any atom is -0.496 e. The molecule has 0 bridgehead atoms.